The third kappa shape index (κ3) is 3.18. The van der Waals surface area contributed by atoms with Crippen molar-refractivity contribution in [3.63, 3.8) is 0 Å². The van der Waals surface area contributed by atoms with Crippen molar-refractivity contribution in [2.45, 2.75) is 6.18 Å². The first-order chi connectivity index (χ1) is 13.0. The largest absolute Gasteiger partial charge is 0.497 e. The number of hydrogen-bond acceptors (Lipinski definition) is 3. The Bertz CT molecular complexity index is 979. The number of halogens is 3. The molecule has 0 radical (unpaired) electrons. The van der Waals surface area contributed by atoms with Crippen molar-refractivity contribution in [2.24, 2.45) is 0 Å². The molecule has 0 unspecified atom stereocenters. The van der Waals surface area contributed by atoms with E-state index in [1.54, 1.807) is 48.5 Å². The molecule has 0 aromatic heterocycles. The third-order valence-corrected chi connectivity index (χ3v) is 4.43. The minimum absolute atomic E-state index is 0.104. The summed E-state index contributed by atoms with van der Waals surface area (Å²) in [6.45, 7) is 0.104. The normalized spacial score (nSPS) is 12.9. The molecule has 3 aromatic carbocycles. The summed E-state index contributed by atoms with van der Waals surface area (Å²) in [5.74, 6) is 1.68. The van der Waals surface area contributed by atoms with Gasteiger partial charge in [0, 0.05) is 5.56 Å². The summed E-state index contributed by atoms with van der Waals surface area (Å²) in [7, 11) is 1.51. The van der Waals surface area contributed by atoms with Gasteiger partial charge in [0.2, 0.25) is 6.79 Å². The summed E-state index contributed by atoms with van der Waals surface area (Å²) in [5, 5.41) is 0. The van der Waals surface area contributed by atoms with Gasteiger partial charge < -0.3 is 14.2 Å². The van der Waals surface area contributed by atoms with Crippen LogP contribution in [0.1, 0.15) is 5.56 Å². The smallest absolute Gasteiger partial charge is 0.417 e. The Labute approximate surface area is 153 Å². The maximum atomic E-state index is 13.7. The molecule has 3 aromatic rings. The standard InChI is InChI=1S/C21H15F3O3/c1-25-15-8-5-13(6-9-15)20-16(3-2-4-17(20)21(22,23)24)14-7-10-18-19(11-14)27-12-26-18/h2-11H,12H2,1H3. The molecular weight excluding hydrogens is 357 g/mol. The summed E-state index contributed by atoms with van der Waals surface area (Å²) < 4.78 is 57.0. The van der Waals surface area contributed by atoms with Crippen LogP contribution in [0, 0.1) is 0 Å². The van der Waals surface area contributed by atoms with E-state index in [2.05, 4.69) is 0 Å². The van der Waals surface area contributed by atoms with Crippen LogP contribution in [0.2, 0.25) is 0 Å². The molecular formula is C21H15F3O3. The highest BCUT2D eigenvalue weighted by Crippen LogP contribution is 2.44. The summed E-state index contributed by atoms with van der Waals surface area (Å²) in [4.78, 5) is 0. The first-order valence-electron chi connectivity index (χ1n) is 8.22. The van der Waals surface area contributed by atoms with Crippen LogP contribution in [-0.4, -0.2) is 13.9 Å². The molecule has 1 heterocycles. The Balaban J connectivity index is 1.93. The summed E-state index contributed by atoms with van der Waals surface area (Å²) in [6, 6.07) is 15.9. The lowest BCUT2D eigenvalue weighted by Gasteiger charge is -2.18. The fraction of sp³-hybridized carbons (Fsp3) is 0.143. The minimum atomic E-state index is -4.48. The average molecular weight is 372 g/mol. The van der Waals surface area contributed by atoms with Crippen LogP contribution < -0.4 is 14.2 Å². The Kier molecular flexibility index (Phi) is 4.18. The number of benzene rings is 3. The predicted octanol–water partition coefficient (Wildman–Crippen LogP) is 5.78. The maximum absolute atomic E-state index is 13.7. The van der Waals surface area contributed by atoms with Gasteiger partial charge in [-0.1, -0.05) is 30.3 Å². The van der Waals surface area contributed by atoms with Crippen LogP contribution in [0.3, 0.4) is 0 Å². The van der Waals surface area contributed by atoms with E-state index in [4.69, 9.17) is 14.2 Å². The Morgan fingerprint density at radius 2 is 1.56 bits per heavy atom. The number of rotatable bonds is 3. The average Bonchev–Trinajstić information content (AvgIpc) is 3.14. The highest BCUT2D eigenvalue weighted by molar-refractivity contribution is 5.87. The van der Waals surface area contributed by atoms with Crippen LogP contribution in [0.25, 0.3) is 22.3 Å². The van der Waals surface area contributed by atoms with E-state index >= 15 is 0 Å². The van der Waals surface area contributed by atoms with Crippen LogP contribution in [-0.2, 0) is 6.18 Å². The molecule has 27 heavy (non-hydrogen) atoms. The Morgan fingerprint density at radius 1 is 0.852 bits per heavy atom. The molecule has 1 aliphatic heterocycles. The Hall–Kier alpha value is -3.15. The fourth-order valence-electron chi connectivity index (χ4n) is 3.16. The summed E-state index contributed by atoms with van der Waals surface area (Å²) >= 11 is 0. The highest BCUT2D eigenvalue weighted by atomic mass is 19.4. The second-order valence-electron chi connectivity index (χ2n) is 6.02. The van der Waals surface area contributed by atoms with E-state index in [-0.39, 0.29) is 12.4 Å². The van der Waals surface area contributed by atoms with Crippen molar-refractivity contribution < 1.29 is 27.4 Å². The van der Waals surface area contributed by atoms with Crippen molar-refractivity contribution in [3.8, 4) is 39.5 Å². The van der Waals surface area contributed by atoms with Crippen LogP contribution in [0.4, 0.5) is 13.2 Å². The van der Waals surface area contributed by atoms with E-state index in [0.717, 1.165) is 6.07 Å². The molecule has 0 atom stereocenters. The molecule has 4 rings (SSSR count). The van der Waals surface area contributed by atoms with Gasteiger partial charge in [-0.05, 0) is 47.0 Å². The van der Waals surface area contributed by atoms with E-state index in [0.29, 0.717) is 33.9 Å². The first kappa shape index (κ1) is 17.3. The zero-order valence-electron chi connectivity index (χ0n) is 14.3. The zero-order chi connectivity index (χ0) is 19.0. The van der Waals surface area contributed by atoms with E-state index in [1.807, 2.05) is 0 Å². The highest BCUT2D eigenvalue weighted by Gasteiger charge is 2.35. The van der Waals surface area contributed by atoms with Gasteiger partial charge in [0.05, 0.1) is 12.7 Å². The number of hydrogen-bond donors (Lipinski definition) is 0. The van der Waals surface area contributed by atoms with E-state index in [9.17, 15) is 13.2 Å². The molecule has 0 amide bonds. The SMILES string of the molecule is COc1ccc(-c2c(-c3ccc4c(c3)OCO4)cccc2C(F)(F)F)cc1. The van der Waals surface area contributed by atoms with Crippen LogP contribution in [0.15, 0.2) is 60.7 Å². The lowest BCUT2D eigenvalue weighted by atomic mass is 9.90. The van der Waals surface area contributed by atoms with Crippen LogP contribution >= 0.6 is 0 Å². The molecule has 0 bridgehead atoms. The molecule has 0 saturated heterocycles. The molecule has 3 nitrogen and oxygen atoms in total. The van der Waals surface area contributed by atoms with Gasteiger partial charge in [-0.15, -0.1) is 0 Å². The lowest BCUT2D eigenvalue weighted by Crippen LogP contribution is -2.08. The quantitative estimate of drug-likeness (QED) is 0.584. The van der Waals surface area contributed by atoms with E-state index < -0.39 is 11.7 Å². The molecule has 6 heteroatoms. The monoisotopic (exact) mass is 372 g/mol. The molecule has 0 aliphatic carbocycles. The second kappa shape index (κ2) is 6.54. The number of methoxy groups -OCH3 is 1. The van der Waals surface area contributed by atoms with Crippen LogP contribution in [0.5, 0.6) is 17.2 Å². The van der Waals surface area contributed by atoms with Gasteiger partial charge in [0.25, 0.3) is 0 Å². The predicted molar refractivity (Wildman–Crippen MR) is 95.0 cm³/mol. The lowest BCUT2D eigenvalue weighted by molar-refractivity contribution is -0.137. The van der Waals surface area contributed by atoms with E-state index in [1.165, 1.54) is 13.2 Å². The van der Waals surface area contributed by atoms with Crippen molar-refractivity contribution in [2.75, 3.05) is 13.9 Å². The van der Waals surface area contributed by atoms with Gasteiger partial charge in [0.15, 0.2) is 11.5 Å². The van der Waals surface area contributed by atoms with Crippen molar-refractivity contribution in [1.29, 1.82) is 0 Å². The molecule has 0 saturated carbocycles. The number of ether oxygens (including phenoxy) is 3. The summed E-state index contributed by atoms with van der Waals surface area (Å²) in [6.07, 6.45) is -4.48. The van der Waals surface area contributed by atoms with Gasteiger partial charge >= 0.3 is 6.18 Å². The molecule has 0 fully saturated rings. The van der Waals surface area contributed by atoms with Gasteiger partial charge in [0.1, 0.15) is 5.75 Å². The maximum Gasteiger partial charge on any atom is 0.417 e. The van der Waals surface area contributed by atoms with Gasteiger partial charge in [-0.3, -0.25) is 0 Å². The number of alkyl halides is 3. The first-order valence-corrected chi connectivity index (χ1v) is 8.22. The van der Waals surface area contributed by atoms with Crippen molar-refractivity contribution >= 4 is 0 Å². The minimum Gasteiger partial charge on any atom is -0.497 e. The molecule has 0 spiro atoms. The van der Waals surface area contributed by atoms with Gasteiger partial charge in [-0.2, -0.15) is 13.2 Å². The van der Waals surface area contributed by atoms with Gasteiger partial charge in [-0.25, -0.2) is 0 Å². The topological polar surface area (TPSA) is 27.7 Å². The third-order valence-electron chi connectivity index (χ3n) is 4.43. The Morgan fingerprint density at radius 3 is 2.26 bits per heavy atom. The molecule has 138 valence electrons. The van der Waals surface area contributed by atoms with Crippen molar-refractivity contribution in [1.82, 2.24) is 0 Å². The van der Waals surface area contributed by atoms with Crippen molar-refractivity contribution in [3.05, 3.63) is 66.2 Å². The summed E-state index contributed by atoms with van der Waals surface area (Å²) in [5.41, 5.74) is 0.968. The number of fused-ring (bicyclic) bond motifs is 1. The molecule has 1 aliphatic rings. The second-order valence-corrected chi connectivity index (χ2v) is 6.02. The fourth-order valence-corrected chi connectivity index (χ4v) is 3.16. The molecule has 0 N–H and O–H groups in total. The zero-order valence-corrected chi connectivity index (χ0v) is 14.3.